The van der Waals surface area contributed by atoms with Gasteiger partial charge in [-0.2, -0.15) is 13.2 Å². The van der Waals surface area contributed by atoms with Gasteiger partial charge in [-0.15, -0.1) is 11.8 Å². The van der Waals surface area contributed by atoms with Crippen LogP contribution in [0.2, 0.25) is 5.02 Å². The van der Waals surface area contributed by atoms with Crippen LogP contribution in [0.5, 0.6) is 0 Å². The fourth-order valence-electron chi connectivity index (χ4n) is 9.75. The summed E-state index contributed by atoms with van der Waals surface area (Å²) in [6.07, 6.45) is -3.55. The molecule has 3 aliphatic heterocycles. The molecule has 1 saturated heterocycles. The Balaban J connectivity index is 0.917. The Morgan fingerprint density at radius 3 is 2.29 bits per heavy atom. The van der Waals surface area contributed by atoms with Crippen LogP contribution >= 0.6 is 23.4 Å². The van der Waals surface area contributed by atoms with Crippen LogP contribution in [-0.2, 0) is 23.2 Å². The number of benzene rings is 4. The first-order chi connectivity index (χ1) is 31.5. The van der Waals surface area contributed by atoms with Gasteiger partial charge >= 0.3 is 6.18 Å². The molecular formula is C47H45ClF3N7O6S2. The first-order valence-corrected chi connectivity index (χ1v) is 24.2. The number of aliphatic hydroxyl groups excluding tert-OH is 1. The zero-order chi connectivity index (χ0) is 46.7. The molecule has 1 aromatic heterocycles. The molecule has 4 aliphatic rings. The van der Waals surface area contributed by atoms with Crippen molar-refractivity contribution in [3.8, 4) is 11.3 Å². The Morgan fingerprint density at radius 2 is 1.62 bits per heavy atom. The molecule has 9 rings (SSSR count). The highest BCUT2D eigenvalue weighted by Gasteiger charge is 2.52. The van der Waals surface area contributed by atoms with Crippen LogP contribution in [0.15, 0.2) is 130 Å². The van der Waals surface area contributed by atoms with Gasteiger partial charge in [0.05, 0.1) is 27.2 Å². The van der Waals surface area contributed by atoms with E-state index >= 15 is 0 Å². The summed E-state index contributed by atoms with van der Waals surface area (Å²) < 4.78 is 75.4. The normalized spacial score (nSPS) is 19.6. The van der Waals surface area contributed by atoms with E-state index in [-0.39, 0.29) is 57.7 Å². The summed E-state index contributed by atoms with van der Waals surface area (Å²) in [4.78, 5) is 32.2. The number of aromatic nitrogens is 1. The molecule has 13 nitrogen and oxygen atoms in total. The molecule has 0 bridgehead atoms. The number of rotatable bonds is 12. The van der Waals surface area contributed by atoms with E-state index in [1.807, 2.05) is 43.3 Å². The van der Waals surface area contributed by atoms with Crippen LogP contribution in [0.4, 0.5) is 35.9 Å². The van der Waals surface area contributed by atoms with Crippen LogP contribution in [0.3, 0.4) is 0 Å². The van der Waals surface area contributed by atoms with Crippen molar-refractivity contribution < 1.29 is 36.4 Å². The highest BCUT2D eigenvalue weighted by atomic mass is 35.5. The summed E-state index contributed by atoms with van der Waals surface area (Å²) in [5.41, 5.74) is 2.58. The minimum Gasteiger partial charge on any atom is -0.389 e. The van der Waals surface area contributed by atoms with Gasteiger partial charge in [-0.05, 0) is 78.2 Å². The van der Waals surface area contributed by atoms with E-state index in [2.05, 4.69) is 19.8 Å². The van der Waals surface area contributed by atoms with Gasteiger partial charge in [0.2, 0.25) is 0 Å². The van der Waals surface area contributed by atoms with Gasteiger partial charge in [-0.3, -0.25) is 19.6 Å². The SMILES string of the molecule is CC1C(N2CCN(c3ccc(NS(=O)(=O)c4ccc(NCCSc5ccccc5)c([N+](=O)[O-])c4)cc3)CC2)=CC2C3=C1C(O)CCN3C(=O)c1c2c(-c2ccc(Cl)cc2)n(C)c1C(F)(F)F. The Labute approximate surface area is 388 Å². The highest BCUT2D eigenvalue weighted by molar-refractivity contribution is 7.99. The Bertz CT molecular complexity index is 2890. The number of thioether (sulfide) groups is 1. The number of nitro groups is 1. The first-order valence-electron chi connectivity index (χ1n) is 21.4. The van der Waals surface area contributed by atoms with Gasteiger partial charge in [-0.1, -0.05) is 54.9 Å². The Morgan fingerprint density at radius 1 is 0.939 bits per heavy atom. The maximum atomic E-state index is 15.0. The summed E-state index contributed by atoms with van der Waals surface area (Å²) in [6, 6.07) is 26.8. The molecule has 3 atom stereocenters. The van der Waals surface area contributed by atoms with Gasteiger partial charge in [0, 0.05) is 108 Å². The number of piperazine rings is 1. The lowest BCUT2D eigenvalue weighted by Crippen LogP contribution is -2.51. The number of alkyl halides is 3. The van der Waals surface area contributed by atoms with E-state index in [0.717, 1.165) is 26.9 Å². The largest absolute Gasteiger partial charge is 0.432 e. The van der Waals surface area contributed by atoms with E-state index in [1.165, 1.54) is 24.1 Å². The second-order valence-corrected chi connectivity index (χ2v) is 19.9. The molecule has 0 saturated carbocycles. The summed E-state index contributed by atoms with van der Waals surface area (Å²) in [5, 5.41) is 27.0. The third kappa shape index (κ3) is 8.39. The van der Waals surface area contributed by atoms with Gasteiger partial charge in [0.15, 0.2) is 0 Å². The van der Waals surface area contributed by atoms with Crippen LogP contribution in [0.1, 0.15) is 40.9 Å². The fraction of sp³-hybridized carbons (Fsp3) is 0.298. The number of allylic oxidation sites excluding steroid dienone is 2. The van der Waals surface area contributed by atoms with E-state index < -0.39 is 44.7 Å². The van der Waals surface area contributed by atoms with Gasteiger partial charge < -0.3 is 29.7 Å². The zero-order valence-electron chi connectivity index (χ0n) is 35.8. The Hall–Kier alpha value is -5.95. The van der Waals surface area contributed by atoms with Gasteiger partial charge in [0.25, 0.3) is 21.6 Å². The number of carbonyl (C=O) groups is 1. The van der Waals surface area contributed by atoms with E-state index in [0.29, 0.717) is 60.3 Å². The number of nitrogens with zero attached hydrogens (tertiary/aromatic N) is 5. The third-order valence-electron chi connectivity index (χ3n) is 12.7. The molecule has 5 aromatic rings. The van der Waals surface area contributed by atoms with Crippen molar-refractivity contribution in [1.29, 1.82) is 0 Å². The molecule has 1 aliphatic carbocycles. The number of hydrogen-bond acceptors (Lipinski definition) is 10. The van der Waals surface area contributed by atoms with Crippen LogP contribution in [0.25, 0.3) is 11.3 Å². The quantitative estimate of drug-likeness (QED) is 0.0478. The summed E-state index contributed by atoms with van der Waals surface area (Å²) >= 11 is 7.78. The number of anilines is 3. The summed E-state index contributed by atoms with van der Waals surface area (Å²) in [5.74, 6) is -1.16. The van der Waals surface area contributed by atoms with Crippen molar-refractivity contribution in [3.63, 3.8) is 0 Å². The lowest BCUT2D eigenvalue weighted by Gasteiger charge is -2.48. The number of nitrogens with one attached hydrogen (secondary N) is 2. The molecule has 1 amide bonds. The average molecular weight is 961 g/mol. The fourth-order valence-corrected chi connectivity index (χ4v) is 11.7. The second-order valence-electron chi connectivity index (χ2n) is 16.6. The van der Waals surface area contributed by atoms with Crippen molar-refractivity contribution in [2.45, 2.75) is 41.3 Å². The number of aliphatic hydroxyl groups is 1. The molecular weight excluding hydrogens is 915 g/mol. The summed E-state index contributed by atoms with van der Waals surface area (Å²) in [6.45, 7) is 4.66. The average Bonchev–Trinajstić information content (AvgIpc) is 3.62. The van der Waals surface area contributed by atoms with Crippen LogP contribution in [0, 0.1) is 16.0 Å². The van der Waals surface area contributed by atoms with Crippen LogP contribution < -0.4 is 14.9 Å². The third-order valence-corrected chi connectivity index (χ3v) is 15.4. The number of fused-ring (bicyclic) bond motifs is 2. The van der Waals surface area contributed by atoms with E-state index in [1.54, 1.807) is 60.3 Å². The van der Waals surface area contributed by atoms with Crippen molar-refractivity contribution in [2.75, 3.05) is 60.0 Å². The van der Waals surface area contributed by atoms with E-state index in [9.17, 15) is 41.6 Å². The van der Waals surface area contributed by atoms with Crippen LogP contribution in [-0.4, -0.2) is 89.8 Å². The highest BCUT2D eigenvalue weighted by Crippen LogP contribution is 2.54. The molecule has 3 unspecified atom stereocenters. The number of sulfonamides is 1. The van der Waals surface area contributed by atoms with Crippen molar-refractivity contribution in [1.82, 2.24) is 14.4 Å². The number of carbonyl (C=O) groups excluding carboxylic acids is 1. The molecule has 19 heteroatoms. The first kappa shape index (κ1) is 45.2. The maximum absolute atomic E-state index is 15.0. The molecule has 0 spiro atoms. The standard InChI is InChI=1S/C47H45ClF3N7O6S2/c1-28-37(27-35-41-42(46(60)57-20-18-39(59)40(28)44(35)57)45(47(49,50)51)54(2)43(41)29-8-10-30(48)11-9-29)56-23-21-55(22-24-56)32-14-12-31(13-15-32)53-66(63,64)34-16-17-36(38(26-34)58(61)62)52-19-25-65-33-6-4-3-5-7-33/h3-17,26-28,35,39,52-53,59H,18-25H2,1-2H3. The molecule has 66 heavy (non-hydrogen) atoms. The smallest absolute Gasteiger partial charge is 0.389 e. The predicted octanol–water partition coefficient (Wildman–Crippen LogP) is 9.19. The number of halogens is 4. The summed E-state index contributed by atoms with van der Waals surface area (Å²) in [7, 11) is -2.87. The molecule has 0 radical (unpaired) electrons. The van der Waals surface area contributed by atoms with Gasteiger partial charge in [0.1, 0.15) is 11.4 Å². The van der Waals surface area contributed by atoms with Crippen molar-refractivity contribution in [2.24, 2.45) is 13.0 Å². The topological polar surface area (TPSA) is 153 Å². The second kappa shape index (κ2) is 17.7. The number of hydrogen-bond donors (Lipinski definition) is 3. The molecule has 4 aromatic carbocycles. The lowest BCUT2D eigenvalue weighted by atomic mass is 9.72. The molecule has 3 N–H and O–H groups in total. The predicted molar refractivity (Wildman–Crippen MR) is 249 cm³/mol. The Kier molecular flexibility index (Phi) is 12.1. The molecule has 344 valence electrons. The minimum absolute atomic E-state index is 0.0923. The number of nitro benzene ring substituents is 1. The van der Waals surface area contributed by atoms with Crippen molar-refractivity contribution in [3.05, 3.63) is 152 Å². The zero-order valence-corrected chi connectivity index (χ0v) is 38.1. The molecule has 4 heterocycles. The number of amides is 1. The maximum Gasteiger partial charge on any atom is 0.432 e. The lowest BCUT2D eigenvalue weighted by molar-refractivity contribution is -0.384. The van der Waals surface area contributed by atoms with Crippen molar-refractivity contribution >= 4 is 62.0 Å². The minimum atomic E-state index is -4.83. The van der Waals surface area contributed by atoms with E-state index in [4.69, 9.17) is 11.6 Å². The molecule has 1 fully saturated rings. The monoisotopic (exact) mass is 959 g/mol. The van der Waals surface area contributed by atoms with Gasteiger partial charge in [-0.25, -0.2) is 8.42 Å².